The molecule has 0 saturated heterocycles. The molecule has 0 unspecified atom stereocenters. The molecule has 3 rings (SSSR count). The van der Waals surface area contributed by atoms with Gasteiger partial charge in [-0.05, 0) is 66.7 Å². The van der Waals surface area contributed by atoms with Gasteiger partial charge in [-0.3, -0.25) is 19.6 Å². The highest BCUT2D eigenvalue weighted by atomic mass is 35.5. The van der Waals surface area contributed by atoms with Gasteiger partial charge in [-0.15, -0.1) is 24.8 Å². The normalized spacial score (nSPS) is 10.9. The van der Waals surface area contributed by atoms with Crippen molar-refractivity contribution in [3.63, 3.8) is 0 Å². The molecular formula is C27H32Cl2N6O3. The molecule has 0 saturated carbocycles. The molecule has 0 spiro atoms. The molecule has 0 aliphatic heterocycles. The second-order valence-electron chi connectivity index (χ2n) is 7.66. The molecule has 3 aromatic carbocycles. The molecule has 2 amide bonds. The van der Waals surface area contributed by atoms with Crippen LogP contribution in [0.25, 0.3) is 0 Å². The van der Waals surface area contributed by atoms with Crippen LogP contribution >= 0.6 is 24.8 Å². The highest BCUT2D eigenvalue weighted by molar-refractivity contribution is 6.09. The molecule has 0 aliphatic carbocycles. The van der Waals surface area contributed by atoms with Crippen LogP contribution in [0.2, 0.25) is 0 Å². The fraction of sp³-hybridized carbons (Fsp3) is 0.185. The van der Waals surface area contributed by atoms with Gasteiger partial charge in [0, 0.05) is 61.8 Å². The van der Waals surface area contributed by atoms with Crippen LogP contribution in [0, 0.1) is 0 Å². The Bertz CT molecular complexity index is 1200. The largest absolute Gasteiger partial charge is 0.497 e. The van der Waals surface area contributed by atoms with E-state index in [1.807, 2.05) is 24.3 Å². The van der Waals surface area contributed by atoms with Crippen molar-refractivity contribution in [1.29, 1.82) is 0 Å². The van der Waals surface area contributed by atoms with Crippen LogP contribution in [-0.4, -0.2) is 58.8 Å². The number of benzene rings is 3. The van der Waals surface area contributed by atoms with Gasteiger partial charge in [-0.2, -0.15) is 0 Å². The zero-order valence-electron chi connectivity index (χ0n) is 21.8. The van der Waals surface area contributed by atoms with Gasteiger partial charge < -0.3 is 26.0 Å². The van der Waals surface area contributed by atoms with Gasteiger partial charge in [0.25, 0.3) is 11.8 Å². The molecule has 0 atom stereocenters. The molecule has 9 nitrogen and oxygen atoms in total. The van der Waals surface area contributed by atoms with Crippen molar-refractivity contribution in [2.45, 2.75) is 0 Å². The standard InChI is InChI=1S/C27H30N6O3.2ClH/c1-28-24(29-2)17-6-10-21(11-7-17)32-26(34)19-14-20(16-23(15-19)36-5)27(35)33-22-12-8-18(9-13-22)25(30-3)31-4;;/h6-16H,1-5H3,(H,28,29)(H,30,31)(H,32,34)(H,33,35);2*1H. The van der Waals surface area contributed by atoms with Crippen LogP contribution in [0.1, 0.15) is 31.8 Å². The summed E-state index contributed by atoms with van der Waals surface area (Å²) in [4.78, 5) is 34.2. The SMILES string of the molecule is CN=C(NC)c1ccc(NC(=O)c2cc(OC)cc(C(=O)Nc3ccc(C(=NC)NC)cc3)c2)cc1.Cl.Cl. The highest BCUT2D eigenvalue weighted by Gasteiger charge is 2.15. The van der Waals surface area contributed by atoms with Crippen molar-refractivity contribution in [2.24, 2.45) is 9.98 Å². The van der Waals surface area contributed by atoms with Crippen LogP contribution in [0.3, 0.4) is 0 Å². The first kappa shape index (κ1) is 31.9. The van der Waals surface area contributed by atoms with Crippen LogP contribution in [0.15, 0.2) is 76.7 Å². The lowest BCUT2D eigenvalue weighted by Gasteiger charge is -2.12. The molecule has 38 heavy (non-hydrogen) atoms. The number of halogens is 2. The zero-order valence-corrected chi connectivity index (χ0v) is 23.4. The Kier molecular flexibility index (Phi) is 12.8. The van der Waals surface area contributed by atoms with E-state index in [0.717, 1.165) is 22.8 Å². The summed E-state index contributed by atoms with van der Waals surface area (Å²) >= 11 is 0. The van der Waals surface area contributed by atoms with Gasteiger partial charge in [-0.1, -0.05) is 0 Å². The Morgan fingerprint density at radius 2 is 1.00 bits per heavy atom. The van der Waals surface area contributed by atoms with Gasteiger partial charge in [0.1, 0.15) is 17.4 Å². The van der Waals surface area contributed by atoms with E-state index in [0.29, 0.717) is 28.3 Å². The number of carbonyl (C=O) groups excluding carboxylic acids is 2. The van der Waals surface area contributed by atoms with Crippen molar-refractivity contribution in [2.75, 3.05) is 45.9 Å². The predicted octanol–water partition coefficient (Wildman–Crippen LogP) is 4.24. The fourth-order valence-corrected chi connectivity index (χ4v) is 3.58. The number of hydrogen-bond donors (Lipinski definition) is 4. The number of nitrogens with zero attached hydrogens (tertiary/aromatic N) is 2. The van der Waals surface area contributed by atoms with Crippen LogP contribution in [-0.2, 0) is 0 Å². The van der Waals surface area contributed by atoms with E-state index in [4.69, 9.17) is 4.74 Å². The minimum Gasteiger partial charge on any atom is -0.497 e. The highest BCUT2D eigenvalue weighted by Crippen LogP contribution is 2.20. The Hall–Kier alpha value is -4.08. The summed E-state index contributed by atoms with van der Waals surface area (Å²) in [6.07, 6.45) is 0. The minimum absolute atomic E-state index is 0. The number of carbonyl (C=O) groups is 2. The summed E-state index contributed by atoms with van der Waals surface area (Å²) in [5.41, 5.74) is 3.61. The van der Waals surface area contributed by atoms with E-state index in [1.165, 1.54) is 13.2 Å². The lowest BCUT2D eigenvalue weighted by molar-refractivity contribution is 0.102. The molecule has 0 fully saturated rings. The maximum absolute atomic E-state index is 13.0. The Morgan fingerprint density at radius 3 is 1.29 bits per heavy atom. The molecule has 0 heterocycles. The molecule has 4 N–H and O–H groups in total. The number of ether oxygens (including phenoxy) is 1. The number of hydrogen-bond acceptors (Lipinski definition) is 5. The van der Waals surface area contributed by atoms with E-state index in [2.05, 4.69) is 31.3 Å². The molecule has 0 bridgehead atoms. The van der Waals surface area contributed by atoms with Gasteiger partial charge >= 0.3 is 0 Å². The summed E-state index contributed by atoms with van der Waals surface area (Å²) in [7, 11) is 8.48. The third-order valence-corrected chi connectivity index (χ3v) is 5.42. The van der Waals surface area contributed by atoms with Gasteiger partial charge in [0.15, 0.2) is 0 Å². The summed E-state index contributed by atoms with van der Waals surface area (Å²) in [6.45, 7) is 0. The molecule has 3 aromatic rings. The monoisotopic (exact) mass is 558 g/mol. The summed E-state index contributed by atoms with van der Waals surface area (Å²) in [6, 6.07) is 19.3. The molecule has 0 radical (unpaired) electrons. The number of nitrogens with one attached hydrogen (secondary N) is 4. The third-order valence-electron chi connectivity index (χ3n) is 5.42. The van der Waals surface area contributed by atoms with Crippen molar-refractivity contribution < 1.29 is 14.3 Å². The first-order valence-corrected chi connectivity index (χ1v) is 11.2. The average Bonchev–Trinajstić information content (AvgIpc) is 2.91. The van der Waals surface area contributed by atoms with Crippen molar-refractivity contribution in [3.8, 4) is 5.75 Å². The number of rotatable bonds is 7. The lowest BCUT2D eigenvalue weighted by atomic mass is 10.1. The predicted molar refractivity (Wildman–Crippen MR) is 159 cm³/mol. The van der Waals surface area contributed by atoms with E-state index in [1.54, 1.807) is 64.6 Å². The maximum Gasteiger partial charge on any atom is 0.255 e. The van der Waals surface area contributed by atoms with Crippen molar-refractivity contribution >= 4 is 59.7 Å². The smallest absolute Gasteiger partial charge is 0.255 e. The maximum atomic E-state index is 13.0. The Labute approximate surface area is 235 Å². The van der Waals surface area contributed by atoms with E-state index in [-0.39, 0.29) is 36.6 Å². The first-order chi connectivity index (χ1) is 17.4. The second kappa shape index (κ2) is 15.2. The van der Waals surface area contributed by atoms with Gasteiger partial charge in [0.05, 0.1) is 7.11 Å². The molecule has 202 valence electrons. The van der Waals surface area contributed by atoms with Crippen LogP contribution in [0.5, 0.6) is 5.75 Å². The second-order valence-corrected chi connectivity index (χ2v) is 7.66. The van der Waals surface area contributed by atoms with E-state index >= 15 is 0 Å². The number of amidine groups is 2. The summed E-state index contributed by atoms with van der Waals surface area (Å²) in [5, 5.41) is 11.7. The fourth-order valence-electron chi connectivity index (χ4n) is 3.58. The zero-order chi connectivity index (χ0) is 26.1. The summed E-state index contributed by atoms with van der Waals surface area (Å²) < 4.78 is 5.33. The topological polar surface area (TPSA) is 116 Å². The molecular weight excluding hydrogens is 527 g/mol. The number of methoxy groups -OCH3 is 1. The van der Waals surface area contributed by atoms with Crippen molar-refractivity contribution in [1.82, 2.24) is 10.6 Å². The Balaban J connectivity index is 0.00000361. The number of amides is 2. The van der Waals surface area contributed by atoms with E-state index < -0.39 is 0 Å². The molecule has 11 heteroatoms. The van der Waals surface area contributed by atoms with E-state index in [9.17, 15) is 9.59 Å². The van der Waals surface area contributed by atoms with Crippen LogP contribution in [0.4, 0.5) is 11.4 Å². The van der Waals surface area contributed by atoms with Crippen molar-refractivity contribution in [3.05, 3.63) is 89.0 Å². The average molecular weight is 559 g/mol. The van der Waals surface area contributed by atoms with Gasteiger partial charge in [0.2, 0.25) is 0 Å². The summed E-state index contributed by atoms with van der Waals surface area (Å²) in [5.74, 6) is 1.15. The molecule has 0 aliphatic rings. The minimum atomic E-state index is -0.364. The lowest BCUT2D eigenvalue weighted by Crippen LogP contribution is -2.19. The number of anilines is 2. The quantitative estimate of drug-likeness (QED) is 0.255. The van der Waals surface area contributed by atoms with Crippen LogP contribution < -0.4 is 26.0 Å². The third kappa shape index (κ3) is 7.96. The number of aliphatic imine (C=N–C) groups is 2. The van der Waals surface area contributed by atoms with Gasteiger partial charge in [-0.25, -0.2) is 0 Å². The molecule has 0 aromatic heterocycles. The first-order valence-electron chi connectivity index (χ1n) is 11.2. The Morgan fingerprint density at radius 1 is 0.632 bits per heavy atom.